The summed E-state index contributed by atoms with van der Waals surface area (Å²) in [5, 5.41) is 6.37. The standard InChI is InChI=1S/C23H28F4N4O2/c1-13-16(6-5-7-18(13)23(25,26)27)14(2)29-21-17(11-28-22(12-24)8-9-22)19(10-20(32)33-4)30-15(3)31-21/h5-7,14,28H,8-12H2,1-4H3,(H,29,30,31)/t14-/m1/s1. The van der Waals surface area contributed by atoms with Crippen LogP contribution in [0.5, 0.6) is 0 Å². The van der Waals surface area contributed by atoms with Gasteiger partial charge >= 0.3 is 12.1 Å². The number of methoxy groups -OCH3 is 1. The van der Waals surface area contributed by atoms with E-state index in [9.17, 15) is 22.4 Å². The molecule has 3 rings (SSSR count). The smallest absolute Gasteiger partial charge is 0.416 e. The van der Waals surface area contributed by atoms with E-state index in [1.165, 1.54) is 20.1 Å². The fraction of sp³-hybridized carbons (Fsp3) is 0.522. The SMILES string of the molecule is COC(=O)Cc1nc(C)nc(N[C@H](C)c2cccc(C(F)(F)F)c2C)c1CNC1(CF)CC1. The van der Waals surface area contributed by atoms with Crippen molar-refractivity contribution in [3.8, 4) is 0 Å². The lowest BCUT2D eigenvalue weighted by molar-refractivity contribution is -0.140. The van der Waals surface area contributed by atoms with E-state index in [4.69, 9.17) is 4.74 Å². The number of alkyl halides is 4. The minimum Gasteiger partial charge on any atom is -0.469 e. The van der Waals surface area contributed by atoms with Gasteiger partial charge in [0.05, 0.1) is 30.8 Å². The average molecular weight is 468 g/mol. The number of ether oxygens (including phenoxy) is 1. The van der Waals surface area contributed by atoms with Crippen LogP contribution in [-0.2, 0) is 28.7 Å². The van der Waals surface area contributed by atoms with Crippen LogP contribution in [-0.4, -0.2) is 35.3 Å². The second-order valence-electron chi connectivity index (χ2n) is 8.45. The van der Waals surface area contributed by atoms with Crippen molar-refractivity contribution >= 4 is 11.8 Å². The number of benzene rings is 1. The van der Waals surface area contributed by atoms with Gasteiger partial charge in [-0.25, -0.2) is 14.4 Å². The molecule has 0 bridgehead atoms. The first-order valence-electron chi connectivity index (χ1n) is 10.7. The number of halogens is 4. The summed E-state index contributed by atoms with van der Waals surface area (Å²) in [4.78, 5) is 20.8. The zero-order valence-corrected chi connectivity index (χ0v) is 19.1. The predicted octanol–water partition coefficient (Wildman–Crippen LogP) is 4.59. The molecule has 0 aliphatic heterocycles. The van der Waals surface area contributed by atoms with E-state index in [0.29, 0.717) is 41.3 Å². The van der Waals surface area contributed by atoms with E-state index in [0.717, 1.165) is 6.07 Å². The van der Waals surface area contributed by atoms with Crippen LogP contribution in [0, 0.1) is 13.8 Å². The maximum Gasteiger partial charge on any atom is 0.416 e. The number of carbonyl (C=O) groups excluding carboxylic acids is 1. The van der Waals surface area contributed by atoms with E-state index >= 15 is 0 Å². The summed E-state index contributed by atoms with van der Waals surface area (Å²) in [6.07, 6.45) is -3.17. The molecule has 0 saturated heterocycles. The highest BCUT2D eigenvalue weighted by atomic mass is 19.4. The molecule has 1 aromatic carbocycles. The summed E-state index contributed by atoms with van der Waals surface area (Å²) in [6.45, 7) is 4.51. The number of nitrogens with one attached hydrogen (secondary N) is 2. The molecule has 1 aliphatic carbocycles. The van der Waals surface area contributed by atoms with Gasteiger partial charge in [-0.3, -0.25) is 4.79 Å². The molecule has 1 saturated carbocycles. The summed E-state index contributed by atoms with van der Waals surface area (Å²) in [5.74, 6) is 0.279. The van der Waals surface area contributed by atoms with Crippen molar-refractivity contribution in [2.24, 2.45) is 0 Å². The van der Waals surface area contributed by atoms with Crippen LogP contribution >= 0.6 is 0 Å². The monoisotopic (exact) mass is 468 g/mol. The maximum absolute atomic E-state index is 13.4. The first-order chi connectivity index (χ1) is 15.5. The Morgan fingerprint density at radius 1 is 1.24 bits per heavy atom. The van der Waals surface area contributed by atoms with Gasteiger partial charge in [-0.15, -0.1) is 0 Å². The zero-order chi connectivity index (χ0) is 24.4. The third kappa shape index (κ3) is 5.79. The molecular formula is C23H28F4N4O2. The second kappa shape index (κ2) is 9.62. The van der Waals surface area contributed by atoms with Gasteiger partial charge in [0.1, 0.15) is 18.3 Å². The van der Waals surface area contributed by atoms with Gasteiger partial charge in [0, 0.05) is 17.6 Å². The van der Waals surface area contributed by atoms with Gasteiger partial charge in [-0.05, 0) is 50.8 Å². The molecule has 0 amide bonds. The number of carbonyl (C=O) groups is 1. The van der Waals surface area contributed by atoms with Crippen molar-refractivity contribution in [2.75, 3.05) is 19.1 Å². The largest absolute Gasteiger partial charge is 0.469 e. The molecule has 33 heavy (non-hydrogen) atoms. The molecule has 0 unspecified atom stereocenters. The number of rotatable bonds is 9. The van der Waals surface area contributed by atoms with Gasteiger partial charge < -0.3 is 15.4 Å². The lowest BCUT2D eigenvalue weighted by atomic mass is 9.97. The molecule has 1 atom stereocenters. The summed E-state index contributed by atoms with van der Waals surface area (Å²) < 4.78 is 58.3. The number of aryl methyl sites for hydroxylation is 1. The maximum atomic E-state index is 13.4. The normalized spacial score (nSPS) is 15.8. The Morgan fingerprint density at radius 2 is 1.94 bits per heavy atom. The Morgan fingerprint density at radius 3 is 2.52 bits per heavy atom. The lowest BCUT2D eigenvalue weighted by Gasteiger charge is -2.23. The van der Waals surface area contributed by atoms with Gasteiger partial charge in [0.2, 0.25) is 0 Å². The topological polar surface area (TPSA) is 76.1 Å². The first-order valence-corrected chi connectivity index (χ1v) is 10.7. The summed E-state index contributed by atoms with van der Waals surface area (Å²) in [5.41, 5.74) is 0.290. The molecule has 180 valence electrons. The molecule has 0 radical (unpaired) electrons. The molecule has 0 spiro atoms. The highest BCUT2D eigenvalue weighted by Gasteiger charge is 2.42. The van der Waals surface area contributed by atoms with Gasteiger partial charge in [-0.2, -0.15) is 13.2 Å². The lowest BCUT2D eigenvalue weighted by Crippen LogP contribution is -2.33. The second-order valence-corrected chi connectivity index (χ2v) is 8.45. The van der Waals surface area contributed by atoms with E-state index in [1.54, 1.807) is 19.9 Å². The highest BCUT2D eigenvalue weighted by molar-refractivity contribution is 5.73. The number of anilines is 1. The van der Waals surface area contributed by atoms with Gasteiger partial charge in [-0.1, -0.05) is 12.1 Å². The van der Waals surface area contributed by atoms with E-state index < -0.39 is 36.0 Å². The molecule has 1 fully saturated rings. The van der Waals surface area contributed by atoms with Crippen molar-refractivity contribution < 1.29 is 27.1 Å². The van der Waals surface area contributed by atoms with Crippen LogP contribution < -0.4 is 10.6 Å². The molecule has 6 nitrogen and oxygen atoms in total. The van der Waals surface area contributed by atoms with Crippen molar-refractivity contribution in [1.29, 1.82) is 0 Å². The Bertz CT molecular complexity index is 1020. The van der Waals surface area contributed by atoms with E-state index in [-0.39, 0.29) is 18.5 Å². The Balaban J connectivity index is 1.96. The summed E-state index contributed by atoms with van der Waals surface area (Å²) in [7, 11) is 1.27. The fourth-order valence-electron chi connectivity index (χ4n) is 3.81. The van der Waals surface area contributed by atoms with Crippen molar-refractivity contribution in [2.45, 2.75) is 64.3 Å². The Labute approximate surface area is 190 Å². The minimum absolute atomic E-state index is 0.106. The Kier molecular flexibility index (Phi) is 7.26. The first kappa shape index (κ1) is 24.9. The van der Waals surface area contributed by atoms with Crippen molar-refractivity contribution in [3.05, 3.63) is 52.0 Å². The average Bonchev–Trinajstić information content (AvgIpc) is 3.52. The van der Waals surface area contributed by atoms with Crippen LogP contribution in [0.1, 0.15) is 59.6 Å². The van der Waals surface area contributed by atoms with Crippen molar-refractivity contribution in [1.82, 2.24) is 15.3 Å². The predicted molar refractivity (Wildman–Crippen MR) is 115 cm³/mol. The molecule has 10 heteroatoms. The number of aromatic nitrogens is 2. The van der Waals surface area contributed by atoms with Crippen LogP contribution in [0.15, 0.2) is 18.2 Å². The quantitative estimate of drug-likeness (QED) is 0.414. The fourth-order valence-corrected chi connectivity index (χ4v) is 3.81. The molecule has 2 N–H and O–H groups in total. The number of nitrogens with zero attached hydrogens (tertiary/aromatic N) is 2. The molecule has 1 aromatic heterocycles. The van der Waals surface area contributed by atoms with Crippen LogP contribution in [0.4, 0.5) is 23.4 Å². The number of esters is 1. The van der Waals surface area contributed by atoms with E-state index in [2.05, 4.69) is 20.6 Å². The molecule has 1 aliphatic rings. The van der Waals surface area contributed by atoms with Crippen molar-refractivity contribution in [3.63, 3.8) is 0 Å². The third-order valence-corrected chi connectivity index (χ3v) is 5.99. The summed E-state index contributed by atoms with van der Waals surface area (Å²) in [6, 6.07) is 3.53. The van der Waals surface area contributed by atoms with Gasteiger partial charge in [0.15, 0.2) is 0 Å². The number of hydrogen-bond donors (Lipinski definition) is 2. The van der Waals surface area contributed by atoms with Crippen LogP contribution in [0.25, 0.3) is 0 Å². The van der Waals surface area contributed by atoms with E-state index in [1.807, 2.05) is 0 Å². The summed E-state index contributed by atoms with van der Waals surface area (Å²) >= 11 is 0. The molecular weight excluding hydrogens is 440 g/mol. The Hall–Kier alpha value is -2.75. The molecule has 1 heterocycles. The van der Waals surface area contributed by atoms with Gasteiger partial charge in [0.25, 0.3) is 0 Å². The minimum atomic E-state index is -4.46. The zero-order valence-electron chi connectivity index (χ0n) is 19.1. The molecule has 2 aromatic rings. The highest BCUT2D eigenvalue weighted by Crippen LogP contribution is 2.37. The van der Waals surface area contributed by atoms with Crippen LogP contribution in [0.2, 0.25) is 0 Å². The third-order valence-electron chi connectivity index (χ3n) is 5.99. The van der Waals surface area contributed by atoms with Crippen LogP contribution in [0.3, 0.4) is 0 Å². The number of hydrogen-bond acceptors (Lipinski definition) is 6.